The lowest BCUT2D eigenvalue weighted by Gasteiger charge is -2.58. The highest BCUT2D eigenvalue weighted by Gasteiger charge is 2.68. The normalized spacial score (nSPS) is 38.1. The number of likely N-dealkylation sites (tertiary alicyclic amines) is 1. The van der Waals surface area contributed by atoms with E-state index in [0.29, 0.717) is 5.75 Å². The number of phenolic OH excluding ortho intramolecular Hbond substituents is 1. The number of thioether (sulfide) groups is 1. The van der Waals surface area contributed by atoms with Gasteiger partial charge in [-0.15, -0.1) is 0 Å². The van der Waals surface area contributed by atoms with Gasteiger partial charge < -0.3 is 9.84 Å². The lowest BCUT2D eigenvalue weighted by atomic mass is 9.51. The van der Waals surface area contributed by atoms with Gasteiger partial charge >= 0.3 is 0 Å². The number of hydrogen-bond donors (Lipinski definition) is 1. The number of hydrogen-bond acceptors (Lipinski definition) is 6. The van der Waals surface area contributed by atoms with Crippen molar-refractivity contribution >= 4 is 22.7 Å². The van der Waals surface area contributed by atoms with Crippen LogP contribution in [-0.4, -0.2) is 51.4 Å². The van der Waals surface area contributed by atoms with E-state index in [1.54, 1.807) is 19.1 Å². The molecular formula is C22H25NO4S. The largest absolute Gasteiger partial charge is 0.504 e. The van der Waals surface area contributed by atoms with Crippen molar-refractivity contribution in [1.29, 1.82) is 0 Å². The maximum absolute atomic E-state index is 13.6. The number of ketones is 1. The number of nitrogens with zero attached hydrogens (tertiary/aromatic N) is 1. The van der Waals surface area contributed by atoms with E-state index in [1.807, 2.05) is 0 Å². The first-order chi connectivity index (χ1) is 13.5. The Labute approximate surface area is 168 Å². The molecule has 28 heavy (non-hydrogen) atoms. The maximum Gasteiger partial charge on any atom is 0.186 e. The number of aromatic hydroxyl groups is 1. The second kappa shape index (κ2) is 5.76. The van der Waals surface area contributed by atoms with E-state index in [9.17, 15) is 14.7 Å². The molecule has 5 aliphatic rings. The Hall–Kier alpha value is -1.53. The third-order valence-electron chi connectivity index (χ3n) is 7.74. The predicted octanol–water partition coefficient (Wildman–Crippen LogP) is 3.13. The molecule has 3 aliphatic carbocycles. The van der Waals surface area contributed by atoms with Crippen LogP contribution in [0.25, 0.3) is 0 Å². The van der Waals surface area contributed by atoms with Crippen LogP contribution in [0, 0.1) is 11.8 Å². The summed E-state index contributed by atoms with van der Waals surface area (Å²) in [5, 5.41) is 10.7. The van der Waals surface area contributed by atoms with Crippen molar-refractivity contribution in [2.75, 3.05) is 13.1 Å². The molecule has 1 aromatic carbocycles. The summed E-state index contributed by atoms with van der Waals surface area (Å²) < 4.78 is 6.41. The number of rotatable bonds is 3. The van der Waals surface area contributed by atoms with Gasteiger partial charge in [0.25, 0.3) is 0 Å². The molecule has 148 valence electrons. The van der Waals surface area contributed by atoms with Crippen LogP contribution in [0.15, 0.2) is 12.1 Å². The van der Waals surface area contributed by atoms with Crippen LogP contribution in [0.5, 0.6) is 11.5 Å². The molecule has 2 heterocycles. The lowest BCUT2D eigenvalue weighted by Crippen LogP contribution is -2.68. The predicted molar refractivity (Wildman–Crippen MR) is 106 cm³/mol. The van der Waals surface area contributed by atoms with Gasteiger partial charge in [0.1, 0.15) is 6.10 Å². The summed E-state index contributed by atoms with van der Waals surface area (Å²) >= 11 is 1.38. The van der Waals surface area contributed by atoms with E-state index in [0.717, 1.165) is 49.4 Å². The SMILES string of the molecule is CC(=O)S[C@H]1CC[C@H]2[C@H]3C(=O)c4ccc(O)c5c4[C@@]2(CCN3CC2CC2)[C@H]1O5. The first-order valence-electron chi connectivity index (χ1n) is 10.5. The number of carbonyl (C=O) groups excluding carboxylic acids is 2. The van der Waals surface area contributed by atoms with Gasteiger partial charge in [-0.25, -0.2) is 0 Å². The monoisotopic (exact) mass is 399 g/mol. The number of ether oxygens (including phenoxy) is 1. The topological polar surface area (TPSA) is 66.8 Å². The van der Waals surface area contributed by atoms with Crippen LogP contribution in [0.3, 0.4) is 0 Å². The Morgan fingerprint density at radius 1 is 1.32 bits per heavy atom. The fraction of sp³-hybridized carbons (Fsp3) is 0.636. The van der Waals surface area contributed by atoms with Crippen molar-refractivity contribution in [3.63, 3.8) is 0 Å². The summed E-state index contributed by atoms with van der Waals surface area (Å²) in [6.45, 7) is 3.54. The number of piperidine rings is 1. The average Bonchev–Trinajstić information content (AvgIpc) is 3.40. The molecule has 2 saturated carbocycles. The number of phenols is 1. The van der Waals surface area contributed by atoms with Crippen LogP contribution < -0.4 is 4.74 Å². The van der Waals surface area contributed by atoms with Crippen molar-refractivity contribution in [3.05, 3.63) is 23.3 Å². The molecule has 1 saturated heterocycles. The molecule has 2 bridgehead atoms. The quantitative estimate of drug-likeness (QED) is 0.842. The third-order valence-corrected chi connectivity index (χ3v) is 8.86. The van der Waals surface area contributed by atoms with Gasteiger partial charge in [-0.3, -0.25) is 14.5 Å². The highest BCUT2D eigenvalue weighted by Crippen LogP contribution is 2.65. The lowest BCUT2D eigenvalue weighted by molar-refractivity contribution is -0.109. The minimum atomic E-state index is -0.243. The highest BCUT2D eigenvalue weighted by molar-refractivity contribution is 8.14. The molecule has 0 radical (unpaired) electrons. The minimum absolute atomic E-state index is 0.0771. The van der Waals surface area contributed by atoms with Crippen LogP contribution in [0.4, 0.5) is 0 Å². The Bertz CT molecular complexity index is 897. The van der Waals surface area contributed by atoms with Crippen LogP contribution in [0.2, 0.25) is 0 Å². The van der Waals surface area contributed by atoms with E-state index in [4.69, 9.17) is 4.74 Å². The first kappa shape index (κ1) is 17.3. The summed E-state index contributed by atoms with van der Waals surface area (Å²) in [4.78, 5) is 27.9. The Kier molecular flexibility index (Phi) is 3.56. The van der Waals surface area contributed by atoms with Crippen molar-refractivity contribution < 1.29 is 19.4 Å². The maximum atomic E-state index is 13.6. The van der Waals surface area contributed by atoms with Gasteiger partial charge in [0.2, 0.25) is 0 Å². The van der Waals surface area contributed by atoms with Crippen LogP contribution in [-0.2, 0) is 10.2 Å². The fourth-order valence-electron chi connectivity index (χ4n) is 6.58. The van der Waals surface area contributed by atoms with Crippen molar-refractivity contribution in [1.82, 2.24) is 4.90 Å². The minimum Gasteiger partial charge on any atom is -0.504 e. The molecule has 2 aliphatic heterocycles. The smallest absolute Gasteiger partial charge is 0.186 e. The van der Waals surface area contributed by atoms with E-state index < -0.39 is 0 Å². The standard InChI is InChI=1S/C22H25NO4S/c1-11(24)28-16-7-5-14-18-19(26)13-4-6-15(25)20-17(13)22(14,21(16)27-20)8-9-23(18)10-12-2-3-12/h4,6,12,14,16,18,21,25H,2-3,5,7-10H2,1H3/t14-,16-,18-,21-,22-/m0/s1. The Balaban J connectivity index is 1.52. The summed E-state index contributed by atoms with van der Waals surface area (Å²) in [6.07, 6.45) is 5.19. The summed E-state index contributed by atoms with van der Waals surface area (Å²) in [5.74, 6) is 1.81. The van der Waals surface area contributed by atoms with Gasteiger partial charge in [0.15, 0.2) is 22.4 Å². The zero-order valence-corrected chi connectivity index (χ0v) is 16.8. The molecule has 0 amide bonds. The van der Waals surface area contributed by atoms with Gasteiger partial charge in [-0.1, -0.05) is 11.8 Å². The number of Topliss-reactive ketones (excluding diaryl/α,β-unsaturated/α-hetero) is 1. The van der Waals surface area contributed by atoms with Gasteiger partial charge in [-0.05, 0) is 62.6 Å². The molecule has 3 fully saturated rings. The van der Waals surface area contributed by atoms with Crippen LogP contribution in [0.1, 0.15) is 54.9 Å². The molecule has 1 N–H and O–H groups in total. The van der Waals surface area contributed by atoms with Crippen LogP contribution >= 0.6 is 11.8 Å². The summed E-state index contributed by atoms with van der Waals surface area (Å²) in [7, 11) is 0. The van der Waals surface area contributed by atoms with Crippen molar-refractivity contribution in [3.8, 4) is 11.5 Å². The molecular weight excluding hydrogens is 374 g/mol. The van der Waals surface area contributed by atoms with Gasteiger partial charge in [-0.2, -0.15) is 0 Å². The molecule has 0 aromatic heterocycles. The fourth-order valence-corrected chi connectivity index (χ4v) is 7.68. The molecule has 5 nitrogen and oxygen atoms in total. The van der Waals surface area contributed by atoms with Gasteiger partial charge in [0.05, 0.1) is 11.3 Å². The van der Waals surface area contributed by atoms with E-state index >= 15 is 0 Å². The average molecular weight is 400 g/mol. The second-order valence-corrected chi connectivity index (χ2v) is 10.7. The van der Waals surface area contributed by atoms with E-state index in [2.05, 4.69) is 4.90 Å². The first-order valence-corrected chi connectivity index (χ1v) is 11.4. The summed E-state index contributed by atoms with van der Waals surface area (Å²) in [5.41, 5.74) is 1.45. The molecule has 1 spiro atoms. The summed E-state index contributed by atoms with van der Waals surface area (Å²) in [6, 6.07) is 3.33. The molecule has 5 atom stereocenters. The Morgan fingerprint density at radius 3 is 2.89 bits per heavy atom. The molecule has 6 rings (SSSR count). The van der Waals surface area contributed by atoms with Crippen molar-refractivity contribution in [2.24, 2.45) is 11.8 Å². The highest BCUT2D eigenvalue weighted by atomic mass is 32.2. The zero-order valence-electron chi connectivity index (χ0n) is 16.0. The Morgan fingerprint density at radius 2 is 2.14 bits per heavy atom. The number of carbonyl (C=O) groups is 2. The number of benzene rings is 1. The third kappa shape index (κ3) is 2.13. The molecule has 0 unspecified atom stereocenters. The zero-order chi connectivity index (χ0) is 19.2. The molecule has 1 aromatic rings. The van der Waals surface area contributed by atoms with Gasteiger partial charge in [0, 0.05) is 30.0 Å². The second-order valence-electron chi connectivity index (χ2n) is 9.24. The molecule has 6 heteroatoms. The van der Waals surface area contributed by atoms with E-state index in [1.165, 1.54) is 24.6 Å². The van der Waals surface area contributed by atoms with E-state index in [-0.39, 0.29) is 45.4 Å². The van der Waals surface area contributed by atoms with Crippen molar-refractivity contribution in [2.45, 2.75) is 61.8 Å².